The fourth-order valence-corrected chi connectivity index (χ4v) is 2.75. The molecule has 5 heteroatoms. The molecule has 0 fully saturated rings. The molecule has 2 rings (SSSR count). The molecule has 0 saturated heterocycles. The van der Waals surface area contributed by atoms with E-state index in [2.05, 4.69) is 0 Å². The molecule has 0 spiro atoms. The van der Waals surface area contributed by atoms with Gasteiger partial charge in [0.25, 0.3) is 0 Å². The van der Waals surface area contributed by atoms with Gasteiger partial charge in [-0.05, 0) is 35.6 Å². The molecule has 0 radical (unpaired) electrons. The zero-order valence-corrected chi connectivity index (χ0v) is 11.9. The summed E-state index contributed by atoms with van der Waals surface area (Å²) in [6.07, 6.45) is -0.0489. The smallest absolute Gasteiger partial charge is 0.336 e. The first-order valence-corrected chi connectivity index (χ1v) is 7.23. The monoisotopic (exact) mass is 292 g/mol. The van der Waals surface area contributed by atoms with Gasteiger partial charge in [-0.3, -0.25) is 0 Å². The molecule has 1 aromatic carbocycles. The summed E-state index contributed by atoms with van der Waals surface area (Å²) >= 11 is 1.23. The molecule has 1 heterocycles. The predicted molar refractivity (Wildman–Crippen MR) is 77.6 cm³/mol. The summed E-state index contributed by atoms with van der Waals surface area (Å²) in [5.74, 6) is -0.351. The van der Waals surface area contributed by atoms with Gasteiger partial charge in [0.2, 0.25) is 0 Å². The van der Waals surface area contributed by atoms with Gasteiger partial charge in [0, 0.05) is 0 Å². The summed E-state index contributed by atoms with van der Waals surface area (Å²) in [5, 5.41) is 21.1. The van der Waals surface area contributed by atoms with E-state index in [-0.39, 0.29) is 5.56 Å². The molecule has 0 amide bonds. The molecule has 1 unspecified atom stereocenters. The van der Waals surface area contributed by atoms with Crippen LogP contribution in [-0.4, -0.2) is 22.8 Å². The number of hydrogen-bond acceptors (Lipinski definition) is 4. The molecule has 0 aliphatic rings. The lowest BCUT2D eigenvalue weighted by Crippen LogP contribution is -2.05. The third-order valence-corrected chi connectivity index (χ3v) is 3.79. The van der Waals surface area contributed by atoms with E-state index >= 15 is 0 Å². The second-order valence-corrected chi connectivity index (χ2v) is 5.27. The first kappa shape index (κ1) is 14.6. The number of benzene rings is 1. The van der Waals surface area contributed by atoms with Crippen LogP contribution >= 0.6 is 11.3 Å². The Morgan fingerprint density at radius 1 is 1.40 bits per heavy atom. The topological polar surface area (TPSA) is 66.8 Å². The summed E-state index contributed by atoms with van der Waals surface area (Å²) in [6.45, 7) is 2.63. The summed E-state index contributed by atoms with van der Waals surface area (Å²) < 4.78 is 5.52. The highest BCUT2D eigenvalue weighted by molar-refractivity contribution is 7.10. The van der Waals surface area contributed by atoms with E-state index in [0.717, 1.165) is 6.42 Å². The summed E-state index contributed by atoms with van der Waals surface area (Å²) in [7, 11) is 0. The minimum Gasteiger partial charge on any atom is -0.494 e. The van der Waals surface area contributed by atoms with Crippen LogP contribution in [0.25, 0.3) is 0 Å². The molecule has 0 aliphatic carbocycles. The van der Waals surface area contributed by atoms with Gasteiger partial charge in [-0.25, -0.2) is 4.79 Å². The van der Waals surface area contributed by atoms with Gasteiger partial charge in [-0.1, -0.05) is 19.1 Å². The van der Waals surface area contributed by atoms with Gasteiger partial charge in [-0.2, -0.15) is 0 Å². The zero-order chi connectivity index (χ0) is 14.5. The van der Waals surface area contributed by atoms with Gasteiger partial charge in [-0.15, -0.1) is 11.3 Å². The second kappa shape index (κ2) is 6.54. The Kier molecular flexibility index (Phi) is 4.76. The van der Waals surface area contributed by atoms with E-state index in [1.807, 2.05) is 13.0 Å². The SMILES string of the molecule is CCCOc1cccc(C(O)c2sccc2C(=O)O)c1. The average molecular weight is 292 g/mol. The number of carboxylic acids is 1. The maximum atomic E-state index is 11.1. The molecule has 1 aromatic heterocycles. The van der Waals surface area contributed by atoms with E-state index in [0.29, 0.717) is 22.8 Å². The Bertz CT molecular complexity index is 591. The zero-order valence-electron chi connectivity index (χ0n) is 11.1. The van der Waals surface area contributed by atoms with Gasteiger partial charge < -0.3 is 14.9 Å². The van der Waals surface area contributed by atoms with Crippen molar-refractivity contribution in [2.45, 2.75) is 19.4 Å². The largest absolute Gasteiger partial charge is 0.494 e. The molecular weight excluding hydrogens is 276 g/mol. The number of ether oxygens (including phenoxy) is 1. The molecule has 2 aromatic rings. The fourth-order valence-electron chi connectivity index (χ4n) is 1.86. The van der Waals surface area contributed by atoms with Crippen LogP contribution in [0.15, 0.2) is 35.7 Å². The van der Waals surface area contributed by atoms with Crippen molar-refractivity contribution >= 4 is 17.3 Å². The normalized spacial score (nSPS) is 12.1. The highest BCUT2D eigenvalue weighted by Gasteiger charge is 2.20. The molecule has 2 N–H and O–H groups in total. The molecule has 1 atom stereocenters. The van der Waals surface area contributed by atoms with Crippen LogP contribution in [0, 0.1) is 0 Å². The lowest BCUT2D eigenvalue weighted by molar-refractivity contribution is 0.0692. The van der Waals surface area contributed by atoms with E-state index in [9.17, 15) is 9.90 Å². The van der Waals surface area contributed by atoms with Gasteiger partial charge in [0.05, 0.1) is 17.0 Å². The van der Waals surface area contributed by atoms with Crippen molar-refractivity contribution < 1.29 is 19.7 Å². The van der Waals surface area contributed by atoms with Crippen molar-refractivity contribution in [3.05, 3.63) is 51.7 Å². The van der Waals surface area contributed by atoms with Crippen LogP contribution in [0.1, 0.15) is 40.2 Å². The fraction of sp³-hybridized carbons (Fsp3) is 0.267. The quantitative estimate of drug-likeness (QED) is 0.857. The lowest BCUT2D eigenvalue weighted by Gasteiger charge is -2.12. The Balaban J connectivity index is 2.26. The number of aliphatic hydroxyl groups is 1. The van der Waals surface area contributed by atoms with Crippen LogP contribution in [0.5, 0.6) is 5.75 Å². The molecule has 0 bridgehead atoms. The molecule has 20 heavy (non-hydrogen) atoms. The van der Waals surface area contributed by atoms with Crippen molar-refractivity contribution in [3.63, 3.8) is 0 Å². The van der Waals surface area contributed by atoms with E-state index in [1.165, 1.54) is 17.4 Å². The molecule has 0 saturated carbocycles. The first-order valence-electron chi connectivity index (χ1n) is 6.35. The van der Waals surface area contributed by atoms with Gasteiger partial charge in [0.15, 0.2) is 0 Å². The Labute approximate surface area is 121 Å². The molecule has 0 aliphatic heterocycles. The number of carboxylic acid groups (broad SMARTS) is 1. The Hall–Kier alpha value is -1.85. The van der Waals surface area contributed by atoms with Crippen LogP contribution in [0.4, 0.5) is 0 Å². The Morgan fingerprint density at radius 3 is 2.90 bits per heavy atom. The van der Waals surface area contributed by atoms with E-state index in [4.69, 9.17) is 9.84 Å². The van der Waals surface area contributed by atoms with Crippen LogP contribution < -0.4 is 4.74 Å². The van der Waals surface area contributed by atoms with Crippen LogP contribution in [0.3, 0.4) is 0 Å². The third kappa shape index (κ3) is 3.18. The van der Waals surface area contributed by atoms with Crippen molar-refractivity contribution in [2.24, 2.45) is 0 Å². The maximum Gasteiger partial charge on any atom is 0.336 e. The number of carbonyl (C=O) groups is 1. The summed E-state index contributed by atoms with van der Waals surface area (Å²) in [6, 6.07) is 8.61. The number of thiophene rings is 1. The van der Waals surface area contributed by atoms with Crippen molar-refractivity contribution in [3.8, 4) is 5.75 Å². The first-order chi connectivity index (χ1) is 9.63. The second-order valence-electron chi connectivity index (χ2n) is 4.33. The summed E-state index contributed by atoms with van der Waals surface area (Å²) in [4.78, 5) is 11.5. The van der Waals surface area contributed by atoms with Crippen molar-refractivity contribution in [1.29, 1.82) is 0 Å². The number of rotatable bonds is 6. The lowest BCUT2D eigenvalue weighted by atomic mass is 10.1. The maximum absolute atomic E-state index is 11.1. The highest BCUT2D eigenvalue weighted by Crippen LogP contribution is 2.31. The van der Waals surface area contributed by atoms with Gasteiger partial charge >= 0.3 is 5.97 Å². The van der Waals surface area contributed by atoms with E-state index < -0.39 is 12.1 Å². The third-order valence-electron chi connectivity index (χ3n) is 2.82. The average Bonchev–Trinajstić information content (AvgIpc) is 2.94. The minimum absolute atomic E-state index is 0.141. The predicted octanol–water partition coefficient (Wildman–Crippen LogP) is 3.32. The molecule has 4 nitrogen and oxygen atoms in total. The van der Waals surface area contributed by atoms with Crippen LogP contribution in [-0.2, 0) is 0 Å². The van der Waals surface area contributed by atoms with E-state index in [1.54, 1.807) is 23.6 Å². The minimum atomic E-state index is -1.03. The highest BCUT2D eigenvalue weighted by atomic mass is 32.1. The van der Waals surface area contributed by atoms with Crippen molar-refractivity contribution in [2.75, 3.05) is 6.61 Å². The molecular formula is C15H16O4S. The standard InChI is InChI=1S/C15H16O4S/c1-2-7-19-11-5-3-4-10(9-11)13(16)14-12(15(17)18)6-8-20-14/h3-6,8-9,13,16H,2,7H2,1H3,(H,17,18). The van der Waals surface area contributed by atoms with Crippen molar-refractivity contribution in [1.82, 2.24) is 0 Å². The number of hydrogen-bond donors (Lipinski definition) is 2. The summed E-state index contributed by atoms with van der Waals surface area (Å²) in [5.41, 5.74) is 0.769. The molecule has 106 valence electrons. The number of aliphatic hydroxyl groups excluding tert-OH is 1. The van der Waals surface area contributed by atoms with Crippen LogP contribution in [0.2, 0.25) is 0 Å². The Morgan fingerprint density at radius 2 is 2.20 bits per heavy atom. The van der Waals surface area contributed by atoms with Gasteiger partial charge in [0.1, 0.15) is 11.9 Å². The number of aromatic carboxylic acids is 1.